The number of aromatic carboxylic acids is 2. The lowest BCUT2D eigenvalue weighted by Crippen LogP contribution is -1.99. The molecule has 2 N–H and O–H groups in total. The van der Waals surface area contributed by atoms with Gasteiger partial charge in [-0.1, -0.05) is 18.2 Å². The number of furan rings is 1. The van der Waals surface area contributed by atoms with Crippen molar-refractivity contribution in [3.63, 3.8) is 0 Å². The van der Waals surface area contributed by atoms with Gasteiger partial charge in [-0.15, -0.1) is 0 Å². The fraction of sp³-hybridized carbons (Fsp3) is 0.111. The van der Waals surface area contributed by atoms with Gasteiger partial charge < -0.3 is 19.4 Å². The third-order valence-corrected chi connectivity index (χ3v) is 3.71. The number of carboxylic acids is 2. The van der Waals surface area contributed by atoms with Crippen LogP contribution in [0.25, 0.3) is 11.0 Å². The molecule has 2 aromatic carbocycles. The molecule has 0 saturated heterocycles. The Bertz CT molecular complexity index is 921. The van der Waals surface area contributed by atoms with E-state index in [4.69, 9.17) is 19.4 Å². The molecule has 0 aliphatic heterocycles. The summed E-state index contributed by atoms with van der Waals surface area (Å²) >= 11 is 0. The fourth-order valence-corrected chi connectivity index (χ4v) is 2.49. The normalized spacial score (nSPS) is 10.7. The van der Waals surface area contributed by atoms with Gasteiger partial charge in [-0.25, -0.2) is 9.59 Å². The third-order valence-electron chi connectivity index (χ3n) is 3.71. The summed E-state index contributed by atoms with van der Waals surface area (Å²) in [5, 5.41) is 18.7. The second-order valence-corrected chi connectivity index (χ2v) is 5.28. The van der Waals surface area contributed by atoms with Crippen molar-refractivity contribution in [1.29, 1.82) is 0 Å². The summed E-state index contributed by atoms with van der Waals surface area (Å²) in [5.74, 6) is -1.70. The van der Waals surface area contributed by atoms with Gasteiger partial charge in [0.15, 0.2) is 0 Å². The maximum Gasteiger partial charge on any atom is 0.372 e. The van der Waals surface area contributed by atoms with E-state index in [0.717, 1.165) is 5.56 Å². The van der Waals surface area contributed by atoms with Crippen molar-refractivity contribution in [3.05, 3.63) is 64.9 Å². The molecule has 0 unspecified atom stereocenters. The Balaban J connectivity index is 1.87. The molecule has 0 amide bonds. The van der Waals surface area contributed by atoms with Gasteiger partial charge >= 0.3 is 11.9 Å². The fourth-order valence-electron chi connectivity index (χ4n) is 2.49. The Labute approximate surface area is 136 Å². The van der Waals surface area contributed by atoms with Gasteiger partial charge in [-0.2, -0.15) is 0 Å². The average molecular weight is 326 g/mol. The van der Waals surface area contributed by atoms with Crippen LogP contribution in [0.2, 0.25) is 0 Å². The molecule has 3 aromatic rings. The number of carbonyl (C=O) groups is 2. The molecule has 0 bridgehead atoms. The van der Waals surface area contributed by atoms with E-state index in [9.17, 15) is 9.59 Å². The lowest BCUT2D eigenvalue weighted by atomic mass is 10.1. The van der Waals surface area contributed by atoms with Crippen LogP contribution in [-0.2, 0) is 6.61 Å². The zero-order valence-electron chi connectivity index (χ0n) is 12.8. The van der Waals surface area contributed by atoms with Crippen LogP contribution >= 0.6 is 0 Å². The van der Waals surface area contributed by atoms with E-state index in [1.165, 1.54) is 12.1 Å². The molecule has 0 aliphatic carbocycles. The van der Waals surface area contributed by atoms with Crippen LogP contribution < -0.4 is 4.74 Å². The maximum absolute atomic E-state index is 11.2. The van der Waals surface area contributed by atoms with Crippen LogP contribution in [0.4, 0.5) is 0 Å². The van der Waals surface area contributed by atoms with Gasteiger partial charge in [0.25, 0.3) is 0 Å². The van der Waals surface area contributed by atoms with Crippen molar-refractivity contribution in [1.82, 2.24) is 0 Å². The molecule has 0 aliphatic rings. The number of benzene rings is 2. The van der Waals surface area contributed by atoms with Gasteiger partial charge in [-0.05, 0) is 36.8 Å². The molecule has 0 atom stereocenters. The van der Waals surface area contributed by atoms with Crippen molar-refractivity contribution < 1.29 is 29.0 Å². The Morgan fingerprint density at radius 3 is 2.38 bits per heavy atom. The topological polar surface area (TPSA) is 97.0 Å². The number of carboxylic acid groups (broad SMARTS) is 2. The van der Waals surface area contributed by atoms with Crippen LogP contribution in [0, 0.1) is 6.92 Å². The first-order valence-electron chi connectivity index (χ1n) is 7.18. The summed E-state index contributed by atoms with van der Waals surface area (Å²) in [6.07, 6.45) is 0. The molecule has 0 spiro atoms. The predicted molar refractivity (Wildman–Crippen MR) is 85.6 cm³/mol. The Morgan fingerprint density at radius 1 is 1.04 bits per heavy atom. The molecule has 0 radical (unpaired) electrons. The largest absolute Gasteiger partial charge is 0.488 e. The minimum atomic E-state index is -1.13. The zero-order chi connectivity index (χ0) is 17.3. The van der Waals surface area contributed by atoms with Gasteiger partial charge in [0.1, 0.15) is 17.9 Å². The molecule has 24 heavy (non-hydrogen) atoms. The van der Waals surface area contributed by atoms with E-state index >= 15 is 0 Å². The SMILES string of the molecule is Cc1c(C(=O)O)oc2cccc(OCc3ccc(C(=O)O)cc3)c12. The van der Waals surface area contributed by atoms with Crippen LogP contribution in [0.15, 0.2) is 46.9 Å². The van der Waals surface area contributed by atoms with Crippen molar-refractivity contribution >= 4 is 22.9 Å². The van der Waals surface area contributed by atoms with E-state index < -0.39 is 11.9 Å². The van der Waals surface area contributed by atoms with Crippen LogP contribution in [-0.4, -0.2) is 22.2 Å². The summed E-state index contributed by atoms with van der Waals surface area (Å²) in [5.41, 5.74) is 1.96. The monoisotopic (exact) mass is 326 g/mol. The lowest BCUT2D eigenvalue weighted by molar-refractivity contribution is 0.0661. The van der Waals surface area contributed by atoms with E-state index in [0.29, 0.717) is 22.3 Å². The molecular formula is C18H14O6. The first-order valence-corrected chi connectivity index (χ1v) is 7.18. The molecule has 3 rings (SSSR count). The third kappa shape index (κ3) is 2.81. The molecular weight excluding hydrogens is 312 g/mol. The first-order chi connectivity index (χ1) is 11.5. The van der Waals surface area contributed by atoms with Crippen LogP contribution in [0.1, 0.15) is 32.0 Å². The highest BCUT2D eigenvalue weighted by atomic mass is 16.5. The second-order valence-electron chi connectivity index (χ2n) is 5.28. The summed E-state index contributed by atoms with van der Waals surface area (Å²) in [4.78, 5) is 22.0. The predicted octanol–water partition coefficient (Wildman–Crippen LogP) is 3.72. The molecule has 122 valence electrons. The Morgan fingerprint density at radius 2 is 1.75 bits per heavy atom. The first kappa shape index (κ1) is 15.6. The number of hydrogen-bond donors (Lipinski definition) is 2. The lowest BCUT2D eigenvalue weighted by Gasteiger charge is -2.08. The number of fused-ring (bicyclic) bond motifs is 1. The van der Waals surface area contributed by atoms with Crippen molar-refractivity contribution in [2.75, 3.05) is 0 Å². The van der Waals surface area contributed by atoms with Gasteiger partial charge in [0.2, 0.25) is 5.76 Å². The van der Waals surface area contributed by atoms with Crippen molar-refractivity contribution in [3.8, 4) is 5.75 Å². The van der Waals surface area contributed by atoms with Crippen LogP contribution in [0.5, 0.6) is 5.75 Å². The van der Waals surface area contributed by atoms with E-state index in [1.807, 2.05) is 0 Å². The zero-order valence-corrected chi connectivity index (χ0v) is 12.8. The standard InChI is InChI=1S/C18H14O6/c1-10-15-13(3-2-4-14(15)24-16(10)18(21)22)23-9-11-5-7-12(8-6-11)17(19)20/h2-8H,9H2,1H3,(H,19,20)(H,21,22). The molecule has 1 aromatic heterocycles. The number of hydrogen-bond acceptors (Lipinski definition) is 4. The molecule has 6 nitrogen and oxygen atoms in total. The minimum Gasteiger partial charge on any atom is -0.488 e. The Kier molecular flexibility index (Phi) is 3.95. The molecule has 6 heteroatoms. The van der Waals surface area contributed by atoms with Gasteiger partial charge in [-0.3, -0.25) is 0 Å². The highest BCUT2D eigenvalue weighted by molar-refractivity contribution is 5.97. The summed E-state index contributed by atoms with van der Waals surface area (Å²) in [6, 6.07) is 11.5. The maximum atomic E-state index is 11.2. The van der Waals surface area contributed by atoms with Gasteiger partial charge in [0, 0.05) is 5.56 Å². The average Bonchev–Trinajstić information content (AvgIpc) is 2.91. The summed E-state index contributed by atoms with van der Waals surface area (Å²) in [7, 11) is 0. The minimum absolute atomic E-state index is 0.105. The number of ether oxygens (including phenoxy) is 1. The van der Waals surface area contributed by atoms with Gasteiger partial charge in [0.05, 0.1) is 10.9 Å². The summed E-state index contributed by atoms with van der Waals surface area (Å²) < 4.78 is 11.1. The second kappa shape index (κ2) is 6.08. The van der Waals surface area contributed by atoms with Crippen molar-refractivity contribution in [2.24, 2.45) is 0 Å². The van der Waals surface area contributed by atoms with E-state index in [1.54, 1.807) is 37.3 Å². The molecule has 0 fully saturated rings. The summed E-state index contributed by atoms with van der Waals surface area (Å²) in [6.45, 7) is 1.90. The highest BCUT2D eigenvalue weighted by Gasteiger charge is 2.19. The van der Waals surface area contributed by atoms with E-state index in [2.05, 4.69) is 0 Å². The number of rotatable bonds is 5. The number of aryl methyl sites for hydroxylation is 1. The smallest absolute Gasteiger partial charge is 0.372 e. The quantitative estimate of drug-likeness (QED) is 0.741. The van der Waals surface area contributed by atoms with Crippen molar-refractivity contribution in [2.45, 2.75) is 13.5 Å². The molecule has 0 saturated carbocycles. The van der Waals surface area contributed by atoms with E-state index in [-0.39, 0.29) is 17.9 Å². The Hall–Kier alpha value is -3.28. The highest BCUT2D eigenvalue weighted by Crippen LogP contribution is 2.33. The molecule has 1 heterocycles. The van der Waals surface area contributed by atoms with Crippen LogP contribution in [0.3, 0.4) is 0 Å².